The molecule has 120 valence electrons. The molecule has 0 spiro atoms. The number of amides is 1. The van der Waals surface area contributed by atoms with Crippen molar-refractivity contribution in [3.63, 3.8) is 0 Å². The summed E-state index contributed by atoms with van der Waals surface area (Å²) in [6.07, 6.45) is 0. The van der Waals surface area contributed by atoms with Crippen LogP contribution in [0.15, 0.2) is 66.7 Å². The Morgan fingerprint density at radius 2 is 1.42 bits per heavy atom. The van der Waals surface area contributed by atoms with Crippen LogP contribution in [0.3, 0.4) is 0 Å². The van der Waals surface area contributed by atoms with Crippen molar-refractivity contribution in [2.45, 2.75) is 13.8 Å². The van der Waals surface area contributed by atoms with E-state index in [1.165, 1.54) is 0 Å². The molecule has 1 amide bonds. The van der Waals surface area contributed by atoms with Gasteiger partial charge in [-0.15, -0.1) is 0 Å². The molecule has 3 rings (SSSR count). The van der Waals surface area contributed by atoms with Crippen LogP contribution in [-0.4, -0.2) is 11.0 Å². The lowest BCUT2D eigenvalue weighted by Crippen LogP contribution is -2.15. The van der Waals surface area contributed by atoms with Crippen LogP contribution in [-0.2, 0) is 0 Å². The Morgan fingerprint density at radius 1 is 0.833 bits per heavy atom. The molecule has 0 unspecified atom stereocenters. The fraction of sp³-hybridized carbons (Fsp3) is 0.0952. The highest BCUT2D eigenvalue weighted by Gasteiger charge is 2.14. The van der Waals surface area contributed by atoms with Crippen molar-refractivity contribution in [2.24, 2.45) is 0 Å². The van der Waals surface area contributed by atoms with Crippen molar-refractivity contribution in [3.05, 3.63) is 83.4 Å². The molecule has 0 aliphatic heterocycles. The zero-order valence-electron chi connectivity index (χ0n) is 13.7. The zero-order chi connectivity index (χ0) is 17.1. The number of benzene rings is 3. The van der Waals surface area contributed by atoms with Crippen LogP contribution in [0.25, 0.3) is 11.1 Å². The Bertz CT molecular complexity index is 845. The lowest BCUT2D eigenvalue weighted by Gasteiger charge is -2.13. The van der Waals surface area contributed by atoms with Gasteiger partial charge in [-0.25, -0.2) is 0 Å². The number of aryl methyl sites for hydroxylation is 2. The number of hydrogen-bond acceptors (Lipinski definition) is 2. The van der Waals surface area contributed by atoms with Crippen LogP contribution in [0.5, 0.6) is 5.75 Å². The maximum absolute atomic E-state index is 12.6. The normalized spacial score (nSPS) is 10.4. The molecule has 3 aromatic rings. The van der Waals surface area contributed by atoms with Crippen molar-refractivity contribution in [2.75, 3.05) is 5.32 Å². The van der Waals surface area contributed by atoms with Crippen molar-refractivity contribution in [3.8, 4) is 16.9 Å². The lowest BCUT2D eigenvalue weighted by atomic mass is 9.95. The third-order valence-electron chi connectivity index (χ3n) is 3.99. The van der Waals surface area contributed by atoms with Crippen LogP contribution in [0.1, 0.15) is 21.5 Å². The molecule has 0 aliphatic rings. The summed E-state index contributed by atoms with van der Waals surface area (Å²) in [5.74, 6) is 0.138. The minimum absolute atomic E-state index is 0.103. The predicted octanol–water partition coefficient (Wildman–Crippen LogP) is 4.93. The number of para-hydroxylation sites is 1. The summed E-state index contributed by atoms with van der Waals surface area (Å²) >= 11 is 0. The number of hydrogen-bond donors (Lipinski definition) is 2. The van der Waals surface area contributed by atoms with Gasteiger partial charge in [-0.2, -0.15) is 0 Å². The SMILES string of the molecule is Cc1cc(-c2ccc(O)cc2)cc(C)c1C(=O)Nc1ccccc1. The third kappa shape index (κ3) is 3.30. The Balaban J connectivity index is 1.92. The highest BCUT2D eigenvalue weighted by atomic mass is 16.3. The van der Waals surface area contributed by atoms with Gasteiger partial charge >= 0.3 is 0 Å². The van der Waals surface area contributed by atoms with Crippen molar-refractivity contribution >= 4 is 11.6 Å². The molecule has 0 atom stereocenters. The van der Waals surface area contributed by atoms with Crippen LogP contribution in [0, 0.1) is 13.8 Å². The fourth-order valence-electron chi connectivity index (χ4n) is 2.86. The van der Waals surface area contributed by atoms with E-state index >= 15 is 0 Å². The average molecular weight is 317 g/mol. The third-order valence-corrected chi connectivity index (χ3v) is 3.99. The second kappa shape index (κ2) is 6.59. The second-order valence-corrected chi connectivity index (χ2v) is 5.85. The summed E-state index contributed by atoms with van der Waals surface area (Å²) < 4.78 is 0. The average Bonchev–Trinajstić information content (AvgIpc) is 2.55. The number of rotatable bonds is 3. The van der Waals surface area contributed by atoms with E-state index in [0.717, 1.165) is 27.9 Å². The van der Waals surface area contributed by atoms with Gasteiger partial charge in [0.1, 0.15) is 5.75 Å². The standard InChI is InChI=1S/C21H19NO2/c1-14-12-17(16-8-10-19(23)11-9-16)13-15(2)20(14)21(24)22-18-6-4-3-5-7-18/h3-13,23H,1-2H3,(H,22,24). The topological polar surface area (TPSA) is 49.3 Å². The maximum atomic E-state index is 12.6. The van der Waals surface area contributed by atoms with Crippen molar-refractivity contribution < 1.29 is 9.90 Å². The van der Waals surface area contributed by atoms with Crippen molar-refractivity contribution in [1.82, 2.24) is 0 Å². The van der Waals surface area contributed by atoms with E-state index in [2.05, 4.69) is 5.32 Å². The van der Waals surface area contributed by atoms with Crippen LogP contribution in [0.4, 0.5) is 5.69 Å². The fourth-order valence-corrected chi connectivity index (χ4v) is 2.86. The molecule has 24 heavy (non-hydrogen) atoms. The Labute approximate surface area is 141 Å². The van der Waals surface area contributed by atoms with Gasteiger partial charge in [-0.3, -0.25) is 4.79 Å². The first-order valence-corrected chi connectivity index (χ1v) is 7.81. The van der Waals surface area contributed by atoms with Gasteiger partial charge in [0.25, 0.3) is 5.91 Å². The van der Waals surface area contributed by atoms with Gasteiger partial charge in [0, 0.05) is 11.3 Å². The molecular weight excluding hydrogens is 298 g/mol. The molecule has 3 heteroatoms. The van der Waals surface area contributed by atoms with Crippen LogP contribution in [0.2, 0.25) is 0 Å². The monoisotopic (exact) mass is 317 g/mol. The van der Waals surface area contributed by atoms with Gasteiger partial charge in [-0.1, -0.05) is 42.5 Å². The first-order chi connectivity index (χ1) is 11.5. The first kappa shape index (κ1) is 15.8. The van der Waals surface area contributed by atoms with E-state index in [0.29, 0.717) is 5.56 Å². The first-order valence-electron chi connectivity index (χ1n) is 7.81. The molecule has 0 saturated heterocycles. The predicted molar refractivity (Wildman–Crippen MR) is 97.4 cm³/mol. The Hall–Kier alpha value is -3.07. The van der Waals surface area contributed by atoms with E-state index < -0.39 is 0 Å². The maximum Gasteiger partial charge on any atom is 0.256 e. The highest BCUT2D eigenvalue weighted by molar-refractivity contribution is 6.06. The molecule has 0 bridgehead atoms. The summed E-state index contributed by atoms with van der Waals surface area (Å²) in [4.78, 5) is 12.6. The van der Waals surface area contributed by atoms with Gasteiger partial charge < -0.3 is 10.4 Å². The highest BCUT2D eigenvalue weighted by Crippen LogP contribution is 2.27. The summed E-state index contributed by atoms with van der Waals surface area (Å²) in [5.41, 5.74) is 5.36. The van der Waals surface area contributed by atoms with Crippen LogP contribution < -0.4 is 5.32 Å². The summed E-state index contributed by atoms with van der Waals surface area (Å²) in [6, 6.07) is 20.5. The van der Waals surface area contributed by atoms with E-state index in [-0.39, 0.29) is 11.7 Å². The number of phenols is 1. The number of carbonyl (C=O) groups is 1. The van der Waals surface area contributed by atoms with Gasteiger partial charge in [0.2, 0.25) is 0 Å². The molecular formula is C21H19NO2. The zero-order valence-corrected chi connectivity index (χ0v) is 13.7. The number of anilines is 1. The second-order valence-electron chi connectivity index (χ2n) is 5.85. The molecule has 3 nitrogen and oxygen atoms in total. The van der Waals surface area contributed by atoms with E-state index in [1.807, 2.05) is 68.4 Å². The van der Waals surface area contributed by atoms with E-state index in [9.17, 15) is 9.90 Å². The molecule has 0 aliphatic carbocycles. The lowest BCUT2D eigenvalue weighted by molar-refractivity contribution is 0.102. The Morgan fingerprint density at radius 3 is 2.00 bits per heavy atom. The smallest absolute Gasteiger partial charge is 0.256 e. The van der Waals surface area contributed by atoms with Crippen molar-refractivity contribution in [1.29, 1.82) is 0 Å². The number of phenolic OH excluding ortho intramolecular Hbond substituents is 1. The number of carbonyl (C=O) groups excluding carboxylic acids is 1. The van der Waals surface area contributed by atoms with Gasteiger partial charge in [0.15, 0.2) is 0 Å². The summed E-state index contributed by atoms with van der Waals surface area (Å²) in [5, 5.41) is 12.4. The number of aromatic hydroxyl groups is 1. The van der Waals surface area contributed by atoms with E-state index in [4.69, 9.17) is 0 Å². The Kier molecular flexibility index (Phi) is 4.34. The molecule has 0 saturated carbocycles. The molecule has 3 aromatic carbocycles. The largest absolute Gasteiger partial charge is 0.508 e. The molecule has 2 N–H and O–H groups in total. The summed E-state index contributed by atoms with van der Waals surface area (Å²) in [6.45, 7) is 3.88. The molecule has 0 heterocycles. The quantitative estimate of drug-likeness (QED) is 0.719. The van der Waals surface area contributed by atoms with Gasteiger partial charge in [-0.05, 0) is 60.4 Å². The van der Waals surface area contributed by atoms with Gasteiger partial charge in [0.05, 0.1) is 0 Å². The number of nitrogens with one attached hydrogen (secondary N) is 1. The minimum Gasteiger partial charge on any atom is -0.508 e. The minimum atomic E-state index is -0.103. The van der Waals surface area contributed by atoms with E-state index in [1.54, 1.807) is 12.1 Å². The molecule has 0 radical (unpaired) electrons. The van der Waals surface area contributed by atoms with Crippen LogP contribution >= 0.6 is 0 Å². The molecule has 0 fully saturated rings. The molecule has 0 aromatic heterocycles. The summed E-state index contributed by atoms with van der Waals surface area (Å²) in [7, 11) is 0.